The van der Waals surface area contributed by atoms with Gasteiger partial charge >= 0.3 is 0 Å². The number of nitrogens with zero attached hydrogens (tertiary/aromatic N) is 3. The number of hydrogen-bond donors (Lipinski definition) is 0. The third-order valence-corrected chi connectivity index (χ3v) is 5.66. The quantitative estimate of drug-likeness (QED) is 0.266. The smallest absolute Gasteiger partial charge is 0.269 e. The second-order valence-electron chi connectivity index (χ2n) is 6.67. The van der Waals surface area contributed by atoms with Crippen LogP contribution in [0.5, 0.6) is 0 Å². The molecule has 0 bridgehead atoms. The lowest BCUT2D eigenvalue weighted by molar-refractivity contribution is -0.689. The first-order valence-corrected chi connectivity index (χ1v) is 9.54. The average molecular weight is 417 g/mol. The van der Waals surface area contributed by atoms with Crippen LogP contribution in [0, 0.1) is 10.1 Å². The first kappa shape index (κ1) is 18.7. The number of halogens is 2. The van der Waals surface area contributed by atoms with Gasteiger partial charge in [0.25, 0.3) is 11.5 Å². The summed E-state index contributed by atoms with van der Waals surface area (Å²) < 4.78 is 4.15. The van der Waals surface area contributed by atoms with E-state index in [1.54, 1.807) is 6.07 Å². The van der Waals surface area contributed by atoms with Gasteiger partial charge in [-0.1, -0.05) is 23.2 Å². The third-order valence-electron chi connectivity index (χ3n) is 4.92. The number of aromatic nitrogens is 2. The first-order valence-electron chi connectivity index (χ1n) is 8.79. The van der Waals surface area contributed by atoms with Gasteiger partial charge in [-0.2, -0.15) is 0 Å². The number of imidazole rings is 1. The summed E-state index contributed by atoms with van der Waals surface area (Å²) in [6, 6.07) is 11.2. The predicted molar refractivity (Wildman–Crippen MR) is 106 cm³/mol. The predicted octanol–water partition coefficient (Wildman–Crippen LogP) is 4.49. The molecule has 0 unspecified atom stereocenters. The lowest BCUT2D eigenvalue weighted by Crippen LogP contribution is -2.40. The number of hydrogen-bond acceptors (Lipinski definition) is 3. The van der Waals surface area contributed by atoms with E-state index >= 15 is 0 Å². The maximum Gasteiger partial charge on any atom is 0.269 e. The zero-order chi connectivity index (χ0) is 19.8. The van der Waals surface area contributed by atoms with Crippen LogP contribution in [0.2, 0.25) is 10.0 Å². The summed E-state index contributed by atoms with van der Waals surface area (Å²) in [7, 11) is 0. The minimum Gasteiger partial charge on any atom is -0.290 e. The largest absolute Gasteiger partial charge is 0.290 e. The minimum absolute atomic E-state index is 0.0316. The van der Waals surface area contributed by atoms with Crippen molar-refractivity contribution < 1.29 is 14.3 Å². The number of carbonyl (C=O) groups excluding carboxylic acids is 1. The van der Waals surface area contributed by atoms with E-state index < -0.39 is 4.92 Å². The van der Waals surface area contributed by atoms with Gasteiger partial charge < -0.3 is 0 Å². The fourth-order valence-corrected chi connectivity index (χ4v) is 3.85. The molecule has 1 aliphatic heterocycles. The highest BCUT2D eigenvalue weighted by atomic mass is 35.5. The summed E-state index contributed by atoms with van der Waals surface area (Å²) in [5.41, 5.74) is 2.35. The number of fused-ring (bicyclic) bond motifs is 1. The monoisotopic (exact) mass is 416 g/mol. The van der Waals surface area contributed by atoms with Crippen LogP contribution in [0.15, 0.2) is 48.7 Å². The van der Waals surface area contributed by atoms with Gasteiger partial charge in [-0.25, -0.2) is 9.13 Å². The molecule has 6 nitrogen and oxygen atoms in total. The van der Waals surface area contributed by atoms with Crippen molar-refractivity contribution in [2.75, 3.05) is 0 Å². The molecule has 4 rings (SSSR count). The summed E-state index contributed by atoms with van der Waals surface area (Å²) in [4.78, 5) is 23.0. The highest BCUT2D eigenvalue weighted by Crippen LogP contribution is 2.30. The van der Waals surface area contributed by atoms with Crippen molar-refractivity contribution in [2.24, 2.45) is 0 Å². The Hall–Kier alpha value is -2.70. The molecule has 0 aliphatic carbocycles. The highest BCUT2D eigenvalue weighted by molar-refractivity contribution is 6.42. The van der Waals surface area contributed by atoms with Gasteiger partial charge in [0.1, 0.15) is 6.20 Å². The lowest BCUT2D eigenvalue weighted by atomic mass is 10.1. The van der Waals surface area contributed by atoms with E-state index in [1.807, 2.05) is 22.9 Å². The van der Waals surface area contributed by atoms with Crippen molar-refractivity contribution in [1.29, 1.82) is 0 Å². The standard InChI is InChI=1S/C20H16Cl2N3O3/c21-16-8-5-14(10-17(16)22)18-11-23(20-2-1-9-24(18)20)12-19(26)13-3-6-15(7-4-13)25(27)28/h3-8,10-11H,1-2,9,12H2/q+1. The number of benzene rings is 2. The molecule has 0 atom stereocenters. The molecule has 2 aromatic carbocycles. The maximum absolute atomic E-state index is 12.7. The molecule has 0 amide bonds. The molecule has 142 valence electrons. The molecule has 8 heteroatoms. The molecule has 28 heavy (non-hydrogen) atoms. The van der Waals surface area contributed by atoms with E-state index in [4.69, 9.17) is 23.2 Å². The molecule has 0 spiro atoms. The van der Waals surface area contributed by atoms with Crippen molar-refractivity contribution >= 4 is 34.7 Å². The third kappa shape index (κ3) is 3.41. The SMILES string of the molecule is O=C(C[n+]1cc(-c2ccc(Cl)c(Cl)c2)n2c1CCC2)c1ccc([N+](=O)[O-])cc1. The van der Waals surface area contributed by atoms with Crippen molar-refractivity contribution in [2.45, 2.75) is 25.9 Å². The minimum atomic E-state index is -0.479. The summed E-state index contributed by atoms with van der Waals surface area (Å²) in [5, 5.41) is 11.8. The summed E-state index contributed by atoms with van der Waals surface area (Å²) in [6.07, 6.45) is 3.85. The average Bonchev–Trinajstić information content (AvgIpc) is 3.28. The van der Waals surface area contributed by atoms with Crippen molar-refractivity contribution in [1.82, 2.24) is 4.57 Å². The molecule has 0 N–H and O–H groups in total. The van der Waals surface area contributed by atoms with Crippen LogP contribution in [-0.4, -0.2) is 15.3 Å². The molecule has 1 aromatic heterocycles. The summed E-state index contributed by atoms with van der Waals surface area (Å²) >= 11 is 12.2. The molecule has 0 radical (unpaired) electrons. The topological polar surface area (TPSA) is 69.0 Å². The maximum atomic E-state index is 12.7. The molecular weight excluding hydrogens is 401 g/mol. The van der Waals surface area contributed by atoms with Gasteiger partial charge in [-0.05, 0) is 36.8 Å². The molecule has 2 heterocycles. The number of Topliss-reactive ketones (excluding diaryl/α,β-unsaturated/α-hetero) is 1. The Morgan fingerprint density at radius 2 is 1.89 bits per heavy atom. The van der Waals surface area contributed by atoms with Crippen molar-refractivity contribution in [3.05, 3.63) is 80.2 Å². The molecule has 0 saturated heterocycles. The Bertz CT molecular complexity index is 1090. The summed E-state index contributed by atoms with van der Waals surface area (Å²) in [5.74, 6) is 0.984. The van der Waals surface area contributed by atoms with Crippen molar-refractivity contribution in [3.8, 4) is 11.3 Å². The number of nitro groups is 1. The molecule has 0 fully saturated rings. The van der Waals surface area contributed by atoms with Gasteiger partial charge in [0.2, 0.25) is 5.78 Å². The lowest BCUT2D eigenvalue weighted by Gasteiger charge is -2.01. The Balaban J connectivity index is 1.64. The number of non-ortho nitro benzene ring substituents is 1. The molecule has 1 aliphatic rings. The highest BCUT2D eigenvalue weighted by Gasteiger charge is 2.30. The van der Waals surface area contributed by atoms with E-state index in [9.17, 15) is 14.9 Å². The zero-order valence-corrected chi connectivity index (χ0v) is 16.3. The molecule has 0 saturated carbocycles. The van der Waals surface area contributed by atoms with E-state index in [2.05, 4.69) is 4.57 Å². The Morgan fingerprint density at radius 1 is 1.14 bits per heavy atom. The van der Waals surface area contributed by atoms with Crippen molar-refractivity contribution in [3.63, 3.8) is 0 Å². The van der Waals surface area contributed by atoms with E-state index in [-0.39, 0.29) is 18.0 Å². The van der Waals surface area contributed by atoms with E-state index in [0.717, 1.165) is 36.5 Å². The van der Waals surface area contributed by atoms with E-state index in [1.165, 1.54) is 24.3 Å². The second-order valence-corrected chi connectivity index (χ2v) is 7.48. The fraction of sp³-hybridized carbons (Fsp3) is 0.200. The Labute approximate surface area is 171 Å². The number of nitro benzene ring substituents is 1. The zero-order valence-electron chi connectivity index (χ0n) is 14.8. The van der Waals surface area contributed by atoms with Crippen LogP contribution in [0.4, 0.5) is 5.69 Å². The first-order chi connectivity index (χ1) is 13.4. The van der Waals surface area contributed by atoms with Gasteiger partial charge in [0.05, 0.1) is 27.9 Å². The Morgan fingerprint density at radius 3 is 2.57 bits per heavy atom. The van der Waals surface area contributed by atoms with Crippen LogP contribution < -0.4 is 4.57 Å². The van der Waals surface area contributed by atoms with Crippen LogP contribution in [-0.2, 0) is 19.5 Å². The van der Waals surface area contributed by atoms with Gasteiger partial charge in [0.15, 0.2) is 12.2 Å². The number of rotatable bonds is 5. The fourth-order valence-electron chi connectivity index (χ4n) is 3.55. The second kappa shape index (κ2) is 7.37. The molecular formula is C20H16Cl2N3O3+. The van der Waals surface area contributed by atoms with E-state index in [0.29, 0.717) is 15.6 Å². The van der Waals surface area contributed by atoms with Crippen LogP contribution >= 0.6 is 23.2 Å². The van der Waals surface area contributed by atoms with Gasteiger partial charge in [0, 0.05) is 23.3 Å². The Kier molecular flexibility index (Phi) is 4.91. The number of carbonyl (C=O) groups is 1. The van der Waals surface area contributed by atoms with Crippen LogP contribution in [0.1, 0.15) is 22.6 Å². The van der Waals surface area contributed by atoms with Crippen LogP contribution in [0.25, 0.3) is 11.3 Å². The summed E-state index contributed by atoms with van der Waals surface area (Å²) in [6.45, 7) is 1.05. The van der Waals surface area contributed by atoms with Gasteiger partial charge in [-0.15, -0.1) is 0 Å². The number of ketones is 1. The van der Waals surface area contributed by atoms with Crippen LogP contribution in [0.3, 0.4) is 0 Å². The normalized spacial score (nSPS) is 12.8. The van der Waals surface area contributed by atoms with Gasteiger partial charge in [-0.3, -0.25) is 14.9 Å². The molecule has 3 aromatic rings.